The summed E-state index contributed by atoms with van der Waals surface area (Å²) in [6, 6.07) is 0. The number of hydrogen-bond donors (Lipinski definition) is 1. The molecule has 1 unspecified atom stereocenters. The van der Waals surface area contributed by atoms with Crippen molar-refractivity contribution in [2.75, 3.05) is 20.8 Å². The van der Waals surface area contributed by atoms with Crippen molar-refractivity contribution in [3.63, 3.8) is 0 Å². The minimum atomic E-state index is -0.0436. The Labute approximate surface area is 108 Å². The van der Waals surface area contributed by atoms with Crippen LogP contribution in [0.2, 0.25) is 0 Å². The second-order valence-electron chi connectivity index (χ2n) is 4.92. The van der Waals surface area contributed by atoms with E-state index in [1.165, 1.54) is 34.8 Å². The van der Waals surface area contributed by atoms with Crippen LogP contribution in [0.25, 0.3) is 0 Å². The lowest BCUT2D eigenvalue weighted by molar-refractivity contribution is 0.162. The number of fused-ring (bicyclic) bond motifs is 1. The van der Waals surface area contributed by atoms with Crippen LogP contribution in [0.1, 0.15) is 41.8 Å². The van der Waals surface area contributed by atoms with Crippen molar-refractivity contribution >= 4 is 11.3 Å². The fraction of sp³-hybridized carbons (Fsp3) is 0.769. The Balaban J connectivity index is 2.21. The number of hydrogen-bond acceptors (Lipinski definition) is 4. The van der Waals surface area contributed by atoms with Crippen molar-refractivity contribution in [3.05, 3.63) is 15.6 Å². The molecule has 4 heteroatoms. The lowest BCUT2D eigenvalue weighted by Gasteiger charge is -2.26. The Morgan fingerprint density at radius 2 is 2.18 bits per heavy atom. The number of nitrogens with one attached hydrogen (secondary N) is 1. The second-order valence-corrected chi connectivity index (χ2v) is 6.00. The van der Waals surface area contributed by atoms with Crippen LogP contribution >= 0.6 is 11.3 Å². The number of aromatic nitrogens is 1. The van der Waals surface area contributed by atoms with Crippen LogP contribution in [0.3, 0.4) is 0 Å². The summed E-state index contributed by atoms with van der Waals surface area (Å²) >= 11 is 1.89. The smallest absolute Gasteiger partial charge is 0.113 e. The molecule has 0 bridgehead atoms. The molecular weight excluding hydrogens is 232 g/mol. The Morgan fingerprint density at radius 3 is 2.82 bits per heavy atom. The van der Waals surface area contributed by atoms with Crippen molar-refractivity contribution in [2.24, 2.45) is 0 Å². The molecule has 1 aromatic rings. The normalized spacial score (nSPS) is 18.8. The third kappa shape index (κ3) is 2.69. The first-order valence-electron chi connectivity index (χ1n) is 6.36. The highest BCUT2D eigenvalue weighted by Gasteiger charge is 2.29. The van der Waals surface area contributed by atoms with Gasteiger partial charge in [-0.3, -0.25) is 0 Å². The predicted octanol–water partition coefficient (Wildman–Crippen LogP) is 2.49. The third-order valence-electron chi connectivity index (χ3n) is 3.68. The van der Waals surface area contributed by atoms with Crippen molar-refractivity contribution < 1.29 is 4.74 Å². The van der Waals surface area contributed by atoms with Gasteiger partial charge in [0.25, 0.3) is 0 Å². The van der Waals surface area contributed by atoms with E-state index in [-0.39, 0.29) is 5.54 Å². The number of nitrogens with zero attached hydrogens (tertiary/aromatic N) is 1. The Morgan fingerprint density at radius 1 is 1.41 bits per heavy atom. The van der Waals surface area contributed by atoms with Gasteiger partial charge < -0.3 is 10.1 Å². The van der Waals surface area contributed by atoms with E-state index in [9.17, 15) is 0 Å². The zero-order chi connectivity index (χ0) is 12.3. The zero-order valence-electron chi connectivity index (χ0n) is 11.0. The van der Waals surface area contributed by atoms with Gasteiger partial charge in [-0.1, -0.05) is 0 Å². The monoisotopic (exact) mass is 254 g/mol. The predicted molar refractivity (Wildman–Crippen MR) is 71.7 cm³/mol. The minimum absolute atomic E-state index is 0.0436. The van der Waals surface area contributed by atoms with Gasteiger partial charge in [0.2, 0.25) is 0 Å². The van der Waals surface area contributed by atoms with E-state index >= 15 is 0 Å². The van der Waals surface area contributed by atoms with Crippen LogP contribution in [0.5, 0.6) is 0 Å². The molecule has 1 atom stereocenters. The fourth-order valence-corrected chi connectivity index (χ4v) is 3.56. The van der Waals surface area contributed by atoms with Gasteiger partial charge in [-0.15, -0.1) is 11.3 Å². The number of ether oxygens (including phenoxy) is 1. The molecule has 1 aliphatic rings. The molecule has 1 aromatic heterocycles. The summed E-state index contributed by atoms with van der Waals surface area (Å²) in [5.41, 5.74) is 1.30. The standard InChI is InChI=1S/C13H22N2OS/c1-13(14-2,8-9-16-3)12-15-10-6-4-5-7-11(10)17-12/h14H,4-9H2,1-3H3. The van der Waals surface area contributed by atoms with E-state index in [0.29, 0.717) is 0 Å². The maximum atomic E-state index is 5.20. The van der Waals surface area contributed by atoms with E-state index in [1.807, 2.05) is 18.4 Å². The van der Waals surface area contributed by atoms with Crippen LogP contribution in [0.15, 0.2) is 0 Å². The molecule has 17 heavy (non-hydrogen) atoms. The number of methoxy groups -OCH3 is 1. The SMILES string of the molecule is CNC(C)(CCOC)c1nc2c(s1)CCCC2. The van der Waals surface area contributed by atoms with E-state index < -0.39 is 0 Å². The number of rotatable bonds is 5. The molecule has 3 nitrogen and oxygen atoms in total. The lowest BCUT2D eigenvalue weighted by atomic mass is 9.99. The molecule has 0 saturated heterocycles. The largest absolute Gasteiger partial charge is 0.385 e. The van der Waals surface area contributed by atoms with Gasteiger partial charge in [0.15, 0.2) is 0 Å². The van der Waals surface area contributed by atoms with Crippen molar-refractivity contribution in [3.8, 4) is 0 Å². The summed E-state index contributed by atoms with van der Waals surface area (Å²) in [5.74, 6) is 0. The highest BCUT2D eigenvalue weighted by molar-refractivity contribution is 7.11. The summed E-state index contributed by atoms with van der Waals surface area (Å²) in [7, 11) is 3.76. The maximum Gasteiger partial charge on any atom is 0.113 e. The van der Waals surface area contributed by atoms with Gasteiger partial charge in [0, 0.05) is 18.6 Å². The van der Waals surface area contributed by atoms with E-state index in [4.69, 9.17) is 9.72 Å². The molecule has 1 N–H and O–H groups in total. The summed E-state index contributed by atoms with van der Waals surface area (Å²) in [6.45, 7) is 2.98. The molecule has 0 fully saturated rings. The molecule has 0 spiro atoms. The lowest BCUT2D eigenvalue weighted by Crippen LogP contribution is -2.37. The highest BCUT2D eigenvalue weighted by atomic mass is 32.1. The first kappa shape index (κ1) is 13.0. The van der Waals surface area contributed by atoms with Gasteiger partial charge in [-0.25, -0.2) is 4.98 Å². The summed E-state index contributed by atoms with van der Waals surface area (Å²) < 4.78 is 5.20. The molecule has 1 aliphatic carbocycles. The van der Waals surface area contributed by atoms with E-state index in [1.54, 1.807) is 7.11 Å². The van der Waals surface area contributed by atoms with Crippen LogP contribution in [0.4, 0.5) is 0 Å². The highest BCUT2D eigenvalue weighted by Crippen LogP contribution is 2.33. The van der Waals surface area contributed by atoms with Gasteiger partial charge in [0.05, 0.1) is 11.2 Å². The van der Waals surface area contributed by atoms with E-state index in [0.717, 1.165) is 19.4 Å². The van der Waals surface area contributed by atoms with E-state index in [2.05, 4.69) is 12.2 Å². The molecule has 0 aromatic carbocycles. The summed E-state index contributed by atoms with van der Waals surface area (Å²) in [6.07, 6.45) is 5.97. The molecule has 0 amide bonds. The van der Waals surface area contributed by atoms with Crippen LogP contribution in [0, 0.1) is 0 Å². The molecule has 0 aliphatic heterocycles. The van der Waals surface area contributed by atoms with Gasteiger partial charge in [0.1, 0.15) is 5.01 Å². The quantitative estimate of drug-likeness (QED) is 0.876. The first-order chi connectivity index (χ1) is 8.19. The summed E-state index contributed by atoms with van der Waals surface area (Å²) in [5, 5.41) is 4.63. The molecule has 0 saturated carbocycles. The fourth-order valence-electron chi connectivity index (χ4n) is 2.23. The molecule has 1 heterocycles. The average molecular weight is 254 g/mol. The molecule has 2 rings (SSSR count). The second kappa shape index (κ2) is 5.46. The third-order valence-corrected chi connectivity index (χ3v) is 5.10. The Bertz CT molecular complexity index is 354. The van der Waals surface area contributed by atoms with Crippen LogP contribution < -0.4 is 5.32 Å². The van der Waals surface area contributed by atoms with Crippen molar-refractivity contribution in [1.82, 2.24) is 10.3 Å². The van der Waals surface area contributed by atoms with Gasteiger partial charge >= 0.3 is 0 Å². The molecule has 0 radical (unpaired) electrons. The molecular formula is C13H22N2OS. The minimum Gasteiger partial charge on any atom is -0.385 e. The average Bonchev–Trinajstić information content (AvgIpc) is 2.80. The summed E-state index contributed by atoms with van der Waals surface area (Å²) in [4.78, 5) is 6.35. The number of thiazole rings is 1. The van der Waals surface area contributed by atoms with Crippen molar-refractivity contribution in [2.45, 2.75) is 44.6 Å². The number of aryl methyl sites for hydroxylation is 2. The maximum absolute atomic E-state index is 5.20. The first-order valence-corrected chi connectivity index (χ1v) is 7.18. The Kier molecular flexibility index (Phi) is 4.17. The topological polar surface area (TPSA) is 34.1 Å². The van der Waals surface area contributed by atoms with Gasteiger partial charge in [-0.2, -0.15) is 0 Å². The van der Waals surface area contributed by atoms with Crippen LogP contribution in [-0.4, -0.2) is 25.7 Å². The molecule has 96 valence electrons. The van der Waals surface area contributed by atoms with Crippen molar-refractivity contribution in [1.29, 1.82) is 0 Å². The van der Waals surface area contributed by atoms with Gasteiger partial charge in [-0.05, 0) is 46.1 Å². The zero-order valence-corrected chi connectivity index (χ0v) is 11.8. The Hall–Kier alpha value is -0.450. The van der Waals surface area contributed by atoms with Crippen LogP contribution in [-0.2, 0) is 23.1 Å².